The van der Waals surface area contributed by atoms with Crippen molar-refractivity contribution in [3.63, 3.8) is 0 Å². The minimum atomic E-state index is -0.146. The number of rotatable bonds is 0. The third-order valence-corrected chi connectivity index (χ3v) is 1.57. The van der Waals surface area contributed by atoms with Gasteiger partial charge in [0.15, 0.2) is 0 Å². The van der Waals surface area contributed by atoms with Crippen molar-refractivity contribution in [2.45, 2.75) is 0 Å². The molecule has 1 aromatic carbocycles. The van der Waals surface area contributed by atoms with Crippen LogP contribution in [0, 0.1) is 0 Å². The van der Waals surface area contributed by atoms with Gasteiger partial charge >= 0.3 is 0 Å². The molecule has 0 unspecified atom stereocenters. The van der Waals surface area contributed by atoms with Gasteiger partial charge in [-0.15, -0.1) is 0 Å². The molecule has 0 aliphatic rings. The average Bonchev–Trinajstić information content (AvgIpc) is 2.12. The summed E-state index contributed by atoms with van der Waals surface area (Å²) < 4.78 is 0. The Morgan fingerprint density at radius 3 is 1.06 bits per heavy atom. The van der Waals surface area contributed by atoms with Crippen molar-refractivity contribution >= 4 is 17.8 Å². The summed E-state index contributed by atoms with van der Waals surface area (Å²) in [5, 5.41) is 26.0. The number of aromatic nitrogens is 3. The van der Waals surface area contributed by atoms with Crippen LogP contribution in [0.15, 0.2) is 18.2 Å². The van der Waals surface area contributed by atoms with Crippen molar-refractivity contribution in [2.24, 2.45) is 0 Å². The van der Waals surface area contributed by atoms with E-state index >= 15 is 0 Å². The predicted octanol–water partition coefficient (Wildman–Crippen LogP) is -0.578. The van der Waals surface area contributed by atoms with E-state index in [2.05, 4.69) is 15.0 Å². The molecular formula is C9H12N6O3. The Labute approximate surface area is 102 Å². The van der Waals surface area contributed by atoms with Crippen LogP contribution in [0.1, 0.15) is 0 Å². The lowest BCUT2D eigenvalue weighted by Gasteiger charge is -1.94. The Bertz CT molecular complexity index is 397. The smallest absolute Gasteiger partial charge is 0.226 e. The van der Waals surface area contributed by atoms with Gasteiger partial charge in [-0.3, -0.25) is 0 Å². The van der Waals surface area contributed by atoms with Crippen molar-refractivity contribution in [1.82, 2.24) is 15.0 Å². The van der Waals surface area contributed by atoms with Crippen LogP contribution < -0.4 is 17.2 Å². The summed E-state index contributed by atoms with van der Waals surface area (Å²) in [6.07, 6.45) is 0. The predicted molar refractivity (Wildman–Crippen MR) is 64.5 cm³/mol. The highest BCUT2D eigenvalue weighted by Gasteiger charge is 1.94. The molecule has 0 bridgehead atoms. The first-order valence-electron chi connectivity index (χ1n) is 4.61. The normalized spacial score (nSPS) is 9.33. The molecule has 0 saturated carbocycles. The summed E-state index contributed by atoms with van der Waals surface area (Å²) in [5.74, 6) is -0.312. The molecule has 9 N–H and O–H groups in total. The summed E-state index contributed by atoms with van der Waals surface area (Å²) in [4.78, 5) is 10.5. The number of aromatic hydroxyl groups is 3. The number of nitrogens with two attached hydrogens (primary N) is 3. The van der Waals surface area contributed by atoms with Crippen LogP contribution in [0.3, 0.4) is 0 Å². The van der Waals surface area contributed by atoms with Crippen LogP contribution in [0.2, 0.25) is 0 Å². The Morgan fingerprint density at radius 1 is 0.611 bits per heavy atom. The van der Waals surface area contributed by atoms with Gasteiger partial charge in [0.1, 0.15) is 17.2 Å². The number of hydrogen-bond acceptors (Lipinski definition) is 9. The molecule has 0 aliphatic carbocycles. The molecule has 1 heterocycles. The SMILES string of the molecule is Nc1nc(N)nc(N)n1.Oc1cc(O)cc(O)c1. The summed E-state index contributed by atoms with van der Waals surface area (Å²) >= 11 is 0. The molecule has 18 heavy (non-hydrogen) atoms. The topological polar surface area (TPSA) is 177 Å². The molecule has 9 heteroatoms. The summed E-state index contributed by atoms with van der Waals surface area (Å²) in [7, 11) is 0. The van der Waals surface area contributed by atoms with Gasteiger partial charge in [-0.25, -0.2) is 0 Å². The van der Waals surface area contributed by atoms with Crippen molar-refractivity contribution in [2.75, 3.05) is 17.2 Å². The Kier molecular flexibility index (Phi) is 3.92. The number of benzene rings is 1. The number of anilines is 3. The molecule has 9 nitrogen and oxygen atoms in total. The standard InChI is InChI=1S/C6H6O3.C3H6N6/c7-4-1-5(8)3-6(9)2-4;4-1-7-2(5)9-3(6)8-1/h1-3,7-9H;(H6,4,5,6,7,8,9). The zero-order chi connectivity index (χ0) is 13.7. The Hall–Kier alpha value is -2.97. The lowest BCUT2D eigenvalue weighted by atomic mass is 10.3. The largest absolute Gasteiger partial charge is 0.508 e. The van der Waals surface area contributed by atoms with Gasteiger partial charge in [0, 0.05) is 18.2 Å². The van der Waals surface area contributed by atoms with E-state index in [4.69, 9.17) is 32.5 Å². The summed E-state index contributed by atoms with van der Waals surface area (Å²) in [5.41, 5.74) is 15.4. The summed E-state index contributed by atoms with van der Waals surface area (Å²) in [6, 6.07) is 3.42. The van der Waals surface area contributed by atoms with Crippen LogP contribution in [0.5, 0.6) is 17.2 Å². The number of hydrogen-bond donors (Lipinski definition) is 6. The van der Waals surface area contributed by atoms with Crippen LogP contribution in [0.4, 0.5) is 17.8 Å². The van der Waals surface area contributed by atoms with Gasteiger partial charge in [-0.2, -0.15) is 15.0 Å². The van der Waals surface area contributed by atoms with E-state index in [0.717, 1.165) is 18.2 Å². The van der Waals surface area contributed by atoms with Crippen LogP contribution in [0.25, 0.3) is 0 Å². The minimum absolute atomic E-state index is 0.0417. The van der Waals surface area contributed by atoms with E-state index in [1.54, 1.807) is 0 Å². The Balaban J connectivity index is 0.000000180. The zero-order valence-corrected chi connectivity index (χ0v) is 9.15. The molecule has 0 atom stereocenters. The first-order valence-corrected chi connectivity index (χ1v) is 4.61. The van der Waals surface area contributed by atoms with Crippen LogP contribution in [-0.4, -0.2) is 30.3 Å². The number of phenols is 3. The van der Waals surface area contributed by atoms with Gasteiger partial charge in [0.2, 0.25) is 17.8 Å². The molecule has 0 amide bonds. The van der Waals surface area contributed by atoms with Crippen molar-refractivity contribution in [1.29, 1.82) is 0 Å². The monoisotopic (exact) mass is 252 g/mol. The molecule has 0 fully saturated rings. The fourth-order valence-corrected chi connectivity index (χ4v) is 1.01. The second-order valence-electron chi connectivity index (χ2n) is 3.12. The summed E-state index contributed by atoms with van der Waals surface area (Å²) in [6.45, 7) is 0. The maximum Gasteiger partial charge on any atom is 0.226 e. The fraction of sp³-hybridized carbons (Fsp3) is 0. The van der Waals surface area contributed by atoms with E-state index in [9.17, 15) is 0 Å². The van der Waals surface area contributed by atoms with Gasteiger partial charge in [0.05, 0.1) is 0 Å². The fourth-order valence-electron chi connectivity index (χ4n) is 1.01. The quantitative estimate of drug-likeness (QED) is 0.357. The molecule has 1 aromatic heterocycles. The second-order valence-corrected chi connectivity index (χ2v) is 3.12. The van der Waals surface area contributed by atoms with Gasteiger partial charge in [-0.05, 0) is 0 Å². The van der Waals surface area contributed by atoms with E-state index in [0.29, 0.717) is 0 Å². The van der Waals surface area contributed by atoms with Gasteiger partial charge in [0.25, 0.3) is 0 Å². The minimum Gasteiger partial charge on any atom is -0.508 e. The van der Waals surface area contributed by atoms with E-state index in [1.807, 2.05) is 0 Å². The maximum absolute atomic E-state index is 8.67. The van der Waals surface area contributed by atoms with Crippen molar-refractivity contribution in [3.05, 3.63) is 18.2 Å². The van der Waals surface area contributed by atoms with E-state index in [1.165, 1.54) is 0 Å². The molecular weight excluding hydrogens is 240 g/mol. The van der Waals surface area contributed by atoms with E-state index < -0.39 is 0 Å². The molecule has 0 saturated heterocycles. The third kappa shape index (κ3) is 4.26. The second kappa shape index (κ2) is 5.39. The number of nitrogens with zero attached hydrogens (tertiary/aromatic N) is 3. The van der Waals surface area contributed by atoms with Crippen molar-refractivity contribution < 1.29 is 15.3 Å². The Morgan fingerprint density at radius 2 is 0.833 bits per heavy atom. The maximum atomic E-state index is 8.67. The van der Waals surface area contributed by atoms with Crippen LogP contribution >= 0.6 is 0 Å². The average molecular weight is 252 g/mol. The highest BCUT2D eigenvalue weighted by molar-refractivity contribution is 5.39. The molecule has 96 valence electrons. The lowest BCUT2D eigenvalue weighted by molar-refractivity contribution is 0.428. The highest BCUT2D eigenvalue weighted by Crippen LogP contribution is 2.23. The lowest BCUT2D eigenvalue weighted by Crippen LogP contribution is -2.05. The number of nitrogen functional groups attached to an aromatic ring is 3. The van der Waals surface area contributed by atoms with Gasteiger partial charge < -0.3 is 32.5 Å². The molecule has 0 radical (unpaired) electrons. The van der Waals surface area contributed by atoms with E-state index in [-0.39, 0.29) is 35.1 Å². The third-order valence-electron chi connectivity index (χ3n) is 1.57. The zero-order valence-electron chi connectivity index (χ0n) is 9.15. The molecule has 0 spiro atoms. The molecule has 0 aliphatic heterocycles. The van der Waals surface area contributed by atoms with Crippen LogP contribution in [-0.2, 0) is 0 Å². The number of phenolic OH excluding ortho intramolecular Hbond substituents is 3. The van der Waals surface area contributed by atoms with Gasteiger partial charge in [-0.1, -0.05) is 0 Å². The first kappa shape index (κ1) is 13.1. The van der Waals surface area contributed by atoms with Crippen molar-refractivity contribution in [3.8, 4) is 17.2 Å². The highest BCUT2D eigenvalue weighted by atomic mass is 16.3. The molecule has 2 aromatic rings. The molecule has 2 rings (SSSR count). The first-order chi connectivity index (χ1) is 8.36.